The Hall–Kier alpha value is -2.31. The number of rotatable bonds is 3. The maximum atomic E-state index is 12.5. The molecule has 7 heteroatoms. The van der Waals surface area contributed by atoms with Gasteiger partial charge >= 0.3 is 6.09 Å². The topological polar surface area (TPSA) is 77.0 Å². The van der Waals surface area contributed by atoms with E-state index in [1.807, 2.05) is 23.2 Å². The number of hydrazine groups is 1. The summed E-state index contributed by atoms with van der Waals surface area (Å²) in [7, 11) is 0. The Balaban J connectivity index is 2.13. The SMILES string of the molecule is CC(C)(C)N(CC(=O)N1CCCN1c1ccccn1)C(=O)O. The fraction of sp³-hybridized carbons (Fsp3) is 0.533. The van der Waals surface area contributed by atoms with Crippen molar-refractivity contribution < 1.29 is 14.7 Å². The van der Waals surface area contributed by atoms with Gasteiger partial charge in [-0.2, -0.15) is 0 Å². The second-order valence-corrected chi connectivity index (χ2v) is 6.22. The highest BCUT2D eigenvalue weighted by Crippen LogP contribution is 2.20. The van der Waals surface area contributed by atoms with E-state index < -0.39 is 11.6 Å². The van der Waals surface area contributed by atoms with Crippen molar-refractivity contribution in [3.63, 3.8) is 0 Å². The second-order valence-electron chi connectivity index (χ2n) is 6.22. The molecule has 1 aliphatic heterocycles. The van der Waals surface area contributed by atoms with Crippen LogP contribution in [0.2, 0.25) is 0 Å². The molecule has 1 aromatic rings. The van der Waals surface area contributed by atoms with Crippen LogP contribution in [-0.2, 0) is 4.79 Å². The number of aromatic nitrogens is 1. The highest BCUT2D eigenvalue weighted by atomic mass is 16.4. The van der Waals surface area contributed by atoms with Crippen molar-refractivity contribution in [2.24, 2.45) is 0 Å². The van der Waals surface area contributed by atoms with Gasteiger partial charge in [-0.1, -0.05) is 6.07 Å². The molecule has 2 rings (SSSR count). The Morgan fingerprint density at radius 1 is 1.32 bits per heavy atom. The Morgan fingerprint density at radius 3 is 2.59 bits per heavy atom. The average molecular weight is 306 g/mol. The van der Waals surface area contributed by atoms with E-state index in [0.29, 0.717) is 18.9 Å². The van der Waals surface area contributed by atoms with Gasteiger partial charge in [-0.15, -0.1) is 0 Å². The molecule has 0 bridgehead atoms. The zero-order chi connectivity index (χ0) is 16.3. The number of hydrogen-bond donors (Lipinski definition) is 1. The van der Waals surface area contributed by atoms with Gasteiger partial charge in [0.2, 0.25) is 0 Å². The van der Waals surface area contributed by atoms with E-state index in [9.17, 15) is 14.7 Å². The Morgan fingerprint density at radius 2 is 2.05 bits per heavy atom. The molecule has 7 nitrogen and oxygen atoms in total. The van der Waals surface area contributed by atoms with Crippen molar-refractivity contribution in [2.75, 3.05) is 24.6 Å². The van der Waals surface area contributed by atoms with E-state index in [-0.39, 0.29) is 12.5 Å². The Kier molecular flexibility index (Phi) is 4.54. The summed E-state index contributed by atoms with van der Waals surface area (Å²) in [5.41, 5.74) is -0.628. The number of nitrogens with zero attached hydrogens (tertiary/aromatic N) is 4. The monoisotopic (exact) mass is 306 g/mol. The third-order valence-corrected chi connectivity index (χ3v) is 3.57. The average Bonchev–Trinajstić information content (AvgIpc) is 2.93. The fourth-order valence-electron chi connectivity index (χ4n) is 2.42. The number of hydrogen-bond acceptors (Lipinski definition) is 4. The van der Waals surface area contributed by atoms with Crippen molar-refractivity contribution in [3.05, 3.63) is 24.4 Å². The van der Waals surface area contributed by atoms with Gasteiger partial charge in [-0.25, -0.2) is 9.78 Å². The maximum absolute atomic E-state index is 12.5. The fourth-order valence-corrected chi connectivity index (χ4v) is 2.42. The van der Waals surface area contributed by atoms with E-state index in [1.165, 1.54) is 0 Å². The van der Waals surface area contributed by atoms with Crippen LogP contribution in [0.5, 0.6) is 0 Å². The summed E-state index contributed by atoms with van der Waals surface area (Å²) in [5.74, 6) is 0.464. The minimum absolute atomic E-state index is 0.165. The molecule has 0 saturated carbocycles. The summed E-state index contributed by atoms with van der Waals surface area (Å²) in [6, 6.07) is 5.52. The molecule has 1 fully saturated rings. The molecule has 2 amide bonds. The van der Waals surface area contributed by atoms with Crippen molar-refractivity contribution in [3.8, 4) is 0 Å². The summed E-state index contributed by atoms with van der Waals surface area (Å²) in [6.45, 7) is 6.43. The summed E-state index contributed by atoms with van der Waals surface area (Å²) < 4.78 is 0. The molecule has 0 unspecified atom stereocenters. The molecule has 2 heterocycles. The summed E-state index contributed by atoms with van der Waals surface area (Å²) in [5, 5.41) is 12.7. The summed E-state index contributed by atoms with van der Waals surface area (Å²) in [6.07, 6.45) is 1.42. The first kappa shape index (κ1) is 16.1. The number of carboxylic acid groups (broad SMARTS) is 1. The molecule has 0 aliphatic carbocycles. The van der Waals surface area contributed by atoms with Crippen LogP contribution in [0.15, 0.2) is 24.4 Å². The van der Waals surface area contributed by atoms with Crippen LogP contribution in [0.1, 0.15) is 27.2 Å². The first-order valence-corrected chi connectivity index (χ1v) is 7.30. The van der Waals surface area contributed by atoms with Gasteiger partial charge in [0.05, 0.1) is 0 Å². The van der Waals surface area contributed by atoms with Crippen molar-refractivity contribution in [1.82, 2.24) is 14.9 Å². The van der Waals surface area contributed by atoms with Crippen LogP contribution in [-0.4, -0.2) is 57.2 Å². The van der Waals surface area contributed by atoms with Crippen LogP contribution in [0.4, 0.5) is 10.6 Å². The molecular formula is C15H22N4O3. The predicted molar refractivity (Wildman–Crippen MR) is 82.4 cm³/mol. The van der Waals surface area contributed by atoms with E-state index in [4.69, 9.17) is 0 Å². The lowest BCUT2D eigenvalue weighted by Crippen LogP contribution is -2.52. The van der Waals surface area contributed by atoms with Gasteiger partial charge in [-0.3, -0.25) is 19.7 Å². The van der Waals surface area contributed by atoms with Crippen LogP contribution in [0.3, 0.4) is 0 Å². The van der Waals surface area contributed by atoms with Crippen molar-refractivity contribution in [2.45, 2.75) is 32.7 Å². The molecule has 0 radical (unpaired) electrons. The summed E-state index contributed by atoms with van der Waals surface area (Å²) >= 11 is 0. The molecule has 0 atom stereocenters. The molecular weight excluding hydrogens is 284 g/mol. The quantitative estimate of drug-likeness (QED) is 0.921. The second kappa shape index (κ2) is 6.21. The molecule has 1 aliphatic rings. The number of pyridine rings is 1. The van der Waals surface area contributed by atoms with Crippen molar-refractivity contribution >= 4 is 17.8 Å². The lowest BCUT2D eigenvalue weighted by atomic mass is 10.1. The first-order chi connectivity index (χ1) is 10.3. The minimum atomic E-state index is -1.09. The van der Waals surface area contributed by atoms with Gasteiger partial charge in [0.15, 0.2) is 0 Å². The van der Waals surface area contributed by atoms with Gasteiger partial charge in [0.25, 0.3) is 5.91 Å². The third kappa shape index (κ3) is 3.47. The van der Waals surface area contributed by atoms with E-state index in [2.05, 4.69) is 4.98 Å². The number of carbonyl (C=O) groups excluding carboxylic acids is 1. The highest BCUT2D eigenvalue weighted by Gasteiger charge is 2.33. The zero-order valence-corrected chi connectivity index (χ0v) is 13.2. The molecule has 1 saturated heterocycles. The minimum Gasteiger partial charge on any atom is -0.465 e. The van der Waals surface area contributed by atoms with E-state index in [0.717, 1.165) is 11.3 Å². The molecule has 0 spiro atoms. The van der Waals surface area contributed by atoms with Crippen molar-refractivity contribution in [1.29, 1.82) is 0 Å². The molecule has 1 N–H and O–H groups in total. The van der Waals surface area contributed by atoms with Gasteiger partial charge in [0, 0.05) is 24.8 Å². The Labute approximate surface area is 130 Å². The van der Waals surface area contributed by atoms with Crippen LogP contribution in [0.25, 0.3) is 0 Å². The predicted octanol–water partition coefficient (Wildman–Crippen LogP) is 1.81. The van der Waals surface area contributed by atoms with Crippen LogP contribution in [0, 0.1) is 0 Å². The van der Waals surface area contributed by atoms with Gasteiger partial charge in [0.1, 0.15) is 12.4 Å². The first-order valence-electron chi connectivity index (χ1n) is 7.30. The smallest absolute Gasteiger partial charge is 0.408 e. The molecule has 0 aromatic carbocycles. The molecule has 1 aromatic heterocycles. The zero-order valence-electron chi connectivity index (χ0n) is 13.2. The molecule has 22 heavy (non-hydrogen) atoms. The van der Waals surface area contributed by atoms with Gasteiger partial charge < -0.3 is 5.11 Å². The van der Waals surface area contributed by atoms with Gasteiger partial charge in [-0.05, 0) is 39.3 Å². The standard InChI is InChI=1S/C15H22N4O3/c1-15(2,3)17(14(21)22)11-13(20)19-10-6-9-18(19)12-7-4-5-8-16-12/h4-5,7-8H,6,9-11H2,1-3H3,(H,21,22). The van der Waals surface area contributed by atoms with Crippen LogP contribution < -0.4 is 5.01 Å². The number of anilines is 1. The summed E-state index contributed by atoms with van der Waals surface area (Å²) in [4.78, 5) is 29.3. The number of amides is 2. The lowest BCUT2D eigenvalue weighted by Gasteiger charge is -2.35. The normalized spacial score (nSPS) is 15.0. The lowest BCUT2D eigenvalue weighted by molar-refractivity contribution is -0.132. The Bertz CT molecular complexity index is 541. The molecule has 120 valence electrons. The number of carbonyl (C=O) groups is 2. The maximum Gasteiger partial charge on any atom is 0.408 e. The largest absolute Gasteiger partial charge is 0.465 e. The van der Waals surface area contributed by atoms with E-state index in [1.54, 1.807) is 32.0 Å². The third-order valence-electron chi connectivity index (χ3n) is 3.57. The van der Waals surface area contributed by atoms with E-state index >= 15 is 0 Å². The van der Waals surface area contributed by atoms with Crippen LogP contribution >= 0.6 is 0 Å². The highest BCUT2D eigenvalue weighted by molar-refractivity contribution is 5.83.